The zero-order chi connectivity index (χ0) is 22.1. The van der Waals surface area contributed by atoms with E-state index in [9.17, 15) is 14.0 Å². The number of carbonyl (C=O) groups is 2. The van der Waals surface area contributed by atoms with Gasteiger partial charge < -0.3 is 9.64 Å². The molecule has 0 N–H and O–H groups in total. The van der Waals surface area contributed by atoms with Gasteiger partial charge in [0.15, 0.2) is 0 Å². The Balaban J connectivity index is 1.91. The predicted octanol–water partition coefficient (Wildman–Crippen LogP) is 4.56. The number of hydrogen-bond donors (Lipinski definition) is 0. The van der Waals surface area contributed by atoms with Gasteiger partial charge in [-0.3, -0.25) is 9.59 Å². The number of nitrogens with zero attached hydrogens (tertiary/aromatic N) is 2. The molecule has 6 heteroatoms. The number of hydrogen-bond acceptors (Lipinski definition) is 4. The fraction of sp³-hybridized carbons (Fsp3) is 0.120. The van der Waals surface area contributed by atoms with E-state index in [1.165, 1.54) is 31.4 Å². The Labute approximate surface area is 180 Å². The molecule has 0 saturated carbocycles. The summed E-state index contributed by atoms with van der Waals surface area (Å²) in [6.45, 7) is 1.87. The molecule has 3 aromatic carbocycles. The van der Waals surface area contributed by atoms with E-state index in [4.69, 9.17) is 4.74 Å². The van der Waals surface area contributed by atoms with Gasteiger partial charge in [0.1, 0.15) is 17.3 Å². The van der Waals surface area contributed by atoms with Crippen LogP contribution in [0.15, 0.2) is 78.5 Å². The number of amides is 2. The quantitative estimate of drug-likeness (QED) is 0.572. The maximum atomic E-state index is 13.6. The molecule has 2 amide bonds. The topological polar surface area (TPSA) is 49.9 Å². The highest BCUT2D eigenvalue weighted by Crippen LogP contribution is 2.39. The van der Waals surface area contributed by atoms with Crippen LogP contribution >= 0.6 is 0 Å². The van der Waals surface area contributed by atoms with Gasteiger partial charge in [-0.1, -0.05) is 36.4 Å². The molecule has 0 radical (unpaired) electrons. The summed E-state index contributed by atoms with van der Waals surface area (Å²) in [5.41, 5.74) is 2.88. The van der Waals surface area contributed by atoms with Gasteiger partial charge in [0.25, 0.3) is 11.8 Å². The lowest BCUT2D eigenvalue weighted by Gasteiger charge is -2.22. The van der Waals surface area contributed by atoms with Crippen LogP contribution in [0.1, 0.15) is 11.1 Å². The molecule has 31 heavy (non-hydrogen) atoms. The minimum atomic E-state index is -0.488. The third-order valence-corrected chi connectivity index (χ3v) is 5.25. The molecule has 0 unspecified atom stereocenters. The molecule has 5 nitrogen and oxygen atoms in total. The third kappa shape index (κ3) is 3.57. The number of imide groups is 1. The minimum Gasteiger partial charge on any atom is -0.495 e. The Morgan fingerprint density at radius 2 is 1.58 bits per heavy atom. The van der Waals surface area contributed by atoms with Crippen molar-refractivity contribution >= 4 is 28.8 Å². The van der Waals surface area contributed by atoms with Gasteiger partial charge in [0, 0.05) is 12.7 Å². The van der Waals surface area contributed by atoms with Crippen molar-refractivity contribution in [1.29, 1.82) is 0 Å². The van der Waals surface area contributed by atoms with Crippen molar-refractivity contribution in [2.45, 2.75) is 6.92 Å². The SMILES string of the molecule is COc1ccc(C)cc1N1C(=O)C(c2ccc(F)cc2)=C(N(C)c2ccccc2)C1=O. The number of benzene rings is 3. The summed E-state index contributed by atoms with van der Waals surface area (Å²) in [4.78, 5) is 30.0. The molecule has 0 spiro atoms. The summed E-state index contributed by atoms with van der Waals surface area (Å²) in [7, 11) is 3.22. The molecule has 0 saturated heterocycles. The van der Waals surface area contributed by atoms with Crippen molar-refractivity contribution in [2.24, 2.45) is 0 Å². The molecule has 3 aromatic rings. The number of aryl methyl sites for hydroxylation is 1. The lowest BCUT2D eigenvalue weighted by Crippen LogP contribution is -2.34. The fourth-order valence-corrected chi connectivity index (χ4v) is 3.68. The predicted molar refractivity (Wildman–Crippen MR) is 118 cm³/mol. The van der Waals surface area contributed by atoms with Gasteiger partial charge in [0.05, 0.1) is 18.4 Å². The first-order chi connectivity index (χ1) is 14.9. The maximum absolute atomic E-state index is 13.6. The third-order valence-electron chi connectivity index (χ3n) is 5.25. The van der Waals surface area contributed by atoms with E-state index in [0.29, 0.717) is 17.0 Å². The van der Waals surface area contributed by atoms with Crippen LogP contribution in [-0.4, -0.2) is 26.0 Å². The van der Waals surface area contributed by atoms with Gasteiger partial charge in [-0.05, 0) is 54.4 Å². The van der Waals surface area contributed by atoms with E-state index in [1.807, 2.05) is 43.3 Å². The van der Waals surface area contributed by atoms with Crippen LogP contribution in [0.5, 0.6) is 5.75 Å². The molecule has 0 fully saturated rings. The zero-order valence-corrected chi connectivity index (χ0v) is 17.4. The molecule has 0 atom stereocenters. The van der Waals surface area contributed by atoms with Crippen molar-refractivity contribution in [3.8, 4) is 5.75 Å². The molecule has 0 aliphatic carbocycles. The monoisotopic (exact) mass is 416 g/mol. The Morgan fingerprint density at radius 1 is 0.903 bits per heavy atom. The summed E-state index contributed by atoms with van der Waals surface area (Å²) in [5.74, 6) is -0.969. The van der Waals surface area contributed by atoms with Gasteiger partial charge in [-0.2, -0.15) is 0 Å². The lowest BCUT2D eigenvalue weighted by molar-refractivity contribution is -0.120. The number of halogens is 1. The van der Waals surface area contributed by atoms with E-state index in [1.54, 1.807) is 24.1 Å². The first-order valence-corrected chi connectivity index (χ1v) is 9.74. The average Bonchev–Trinajstić information content (AvgIpc) is 3.04. The second kappa shape index (κ2) is 8.07. The standard InChI is InChI=1S/C25H21FN2O3/c1-16-9-14-21(31-3)20(15-16)28-24(29)22(17-10-12-18(26)13-11-17)23(25(28)30)27(2)19-7-5-4-6-8-19/h4-15H,1-3H3. The van der Waals surface area contributed by atoms with Crippen LogP contribution in [-0.2, 0) is 9.59 Å². The van der Waals surface area contributed by atoms with Crippen molar-refractivity contribution in [3.63, 3.8) is 0 Å². The Morgan fingerprint density at radius 3 is 2.23 bits per heavy atom. The smallest absolute Gasteiger partial charge is 0.282 e. The zero-order valence-electron chi connectivity index (χ0n) is 17.4. The first kappa shape index (κ1) is 20.3. The Hall–Kier alpha value is -3.93. The van der Waals surface area contributed by atoms with Crippen molar-refractivity contribution in [3.05, 3.63) is 95.4 Å². The van der Waals surface area contributed by atoms with Crippen molar-refractivity contribution in [1.82, 2.24) is 0 Å². The summed E-state index contributed by atoms with van der Waals surface area (Å²) < 4.78 is 19.0. The number of likely N-dealkylation sites (N-methyl/N-ethyl adjacent to an activating group) is 1. The highest BCUT2D eigenvalue weighted by atomic mass is 19.1. The number of carbonyl (C=O) groups excluding carboxylic acids is 2. The Bertz CT molecular complexity index is 1190. The van der Waals surface area contributed by atoms with E-state index in [0.717, 1.165) is 16.2 Å². The number of methoxy groups -OCH3 is 1. The summed E-state index contributed by atoms with van der Waals surface area (Å²) >= 11 is 0. The number of anilines is 2. The largest absolute Gasteiger partial charge is 0.495 e. The number of ether oxygens (including phenoxy) is 1. The molecule has 1 heterocycles. The van der Waals surface area contributed by atoms with E-state index in [-0.39, 0.29) is 11.3 Å². The summed E-state index contributed by atoms with van der Waals surface area (Å²) in [5, 5.41) is 0. The van der Waals surface area contributed by atoms with Crippen LogP contribution in [0, 0.1) is 12.7 Å². The van der Waals surface area contributed by atoms with Crippen LogP contribution in [0.4, 0.5) is 15.8 Å². The van der Waals surface area contributed by atoms with Gasteiger partial charge in [0.2, 0.25) is 0 Å². The van der Waals surface area contributed by atoms with Gasteiger partial charge in [-0.15, -0.1) is 0 Å². The minimum absolute atomic E-state index is 0.208. The molecule has 156 valence electrons. The number of para-hydroxylation sites is 1. The van der Waals surface area contributed by atoms with Crippen LogP contribution in [0.25, 0.3) is 5.57 Å². The van der Waals surface area contributed by atoms with E-state index >= 15 is 0 Å². The first-order valence-electron chi connectivity index (χ1n) is 9.74. The van der Waals surface area contributed by atoms with Gasteiger partial charge >= 0.3 is 0 Å². The average molecular weight is 416 g/mol. The van der Waals surface area contributed by atoms with Crippen molar-refractivity contribution in [2.75, 3.05) is 24.0 Å². The van der Waals surface area contributed by atoms with E-state index in [2.05, 4.69) is 0 Å². The fourth-order valence-electron chi connectivity index (χ4n) is 3.68. The summed E-state index contributed by atoms with van der Waals surface area (Å²) in [6.07, 6.45) is 0. The van der Waals surface area contributed by atoms with Crippen molar-refractivity contribution < 1.29 is 18.7 Å². The Kier molecular flexibility index (Phi) is 5.29. The van der Waals surface area contributed by atoms with Crippen LogP contribution < -0.4 is 14.5 Å². The molecule has 1 aliphatic heterocycles. The highest BCUT2D eigenvalue weighted by Gasteiger charge is 2.43. The number of rotatable bonds is 5. The normalized spacial score (nSPS) is 13.7. The highest BCUT2D eigenvalue weighted by molar-refractivity contribution is 6.46. The molecular weight excluding hydrogens is 395 g/mol. The van der Waals surface area contributed by atoms with Gasteiger partial charge in [-0.25, -0.2) is 9.29 Å². The van der Waals surface area contributed by atoms with Crippen LogP contribution in [0.3, 0.4) is 0 Å². The maximum Gasteiger partial charge on any atom is 0.282 e. The molecule has 1 aliphatic rings. The molecule has 0 bridgehead atoms. The lowest BCUT2D eigenvalue weighted by atomic mass is 10.0. The second-order valence-corrected chi connectivity index (χ2v) is 7.25. The second-order valence-electron chi connectivity index (χ2n) is 7.25. The molecule has 4 rings (SSSR count). The van der Waals surface area contributed by atoms with Crippen LogP contribution in [0.2, 0.25) is 0 Å². The molecular formula is C25H21FN2O3. The van der Waals surface area contributed by atoms with E-state index < -0.39 is 17.6 Å². The molecule has 0 aromatic heterocycles. The summed E-state index contributed by atoms with van der Waals surface area (Å²) in [6, 6.07) is 20.1.